The third-order valence-corrected chi connectivity index (χ3v) is 7.05. The summed E-state index contributed by atoms with van der Waals surface area (Å²) >= 11 is 1.16. The number of hydrogen-bond donors (Lipinski definition) is 4. The lowest BCUT2D eigenvalue weighted by Crippen LogP contribution is -2.40. The molecule has 0 aliphatic heterocycles. The number of carbonyl (C=O) groups is 2. The minimum absolute atomic E-state index is 0.113. The maximum absolute atomic E-state index is 13.0. The van der Waals surface area contributed by atoms with Crippen molar-refractivity contribution in [3.63, 3.8) is 0 Å². The van der Waals surface area contributed by atoms with Gasteiger partial charge in [0.1, 0.15) is 10.6 Å². The molecule has 4 N–H and O–H groups in total. The number of phenols is 1. The molecule has 186 valence electrons. The van der Waals surface area contributed by atoms with Crippen LogP contribution in [0.4, 0.5) is 16.6 Å². The topological polar surface area (TPSA) is 133 Å². The van der Waals surface area contributed by atoms with Gasteiger partial charge < -0.3 is 25.7 Å². The van der Waals surface area contributed by atoms with Crippen LogP contribution in [0.15, 0.2) is 24.5 Å². The molecule has 0 radical (unpaired) electrons. The van der Waals surface area contributed by atoms with Crippen LogP contribution in [0.1, 0.15) is 52.2 Å². The van der Waals surface area contributed by atoms with E-state index >= 15 is 0 Å². The van der Waals surface area contributed by atoms with Gasteiger partial charge in [0.25, 0.3) is 5.91 Å². The van der Waals surface area contributed by atoms with E-state index in [1.54, 1.807) is 30.2 Å². The number of nitrogens with one attached hydrogen (secondary N) is 2. The largest absolute Gasteiger partial charge is 0.508 e. The molecule has 2 heterocycles. The van der Waals surface area contributed by atoms with Crippen molar-refractivity contribution in [3.8, 4) is 5.75 Å². The van der Waals surface area contributed by atoms with E-state index in [0.717, 1.165) is 35.3 Å². The van der Waals surface area contributed by atoms with E-state index in [9.17, 15) is 19.8 Å². The van der Waals surface area contributed by atoms with E-state index in [2.05, 4.69) is 20.7 Å². The lowest BCUT2D eigenvalue weighted by atomic mass is 10.1. The Morgan fingerprint density at radius 3 is 2.66 bits per heavy atom. The average Bonchev–Trinajstić information content (AvgIpc) is 3.44. The molecular formula is C24H30N6O4S. The fraction of sp³-hybridized carbons (Fsp3) is 0.417. The van der Waals surface area contributed by atoms with Crippen molar-refractivity contribution < 1.29 is 19.8 Å². The molecular weight excluding hydrogens is 468 g/mol. The summed E-state index contributed by atoms with van der Waals surface area (Å²) in [6.45, 7) is 7.62. The fourth-order valence-corrected chi connectivity index (χ4v) is 4.66. The van der Waals surface area contributed by atoms with E-state index in [1.165, 1.54) is 10.9 Å². The number of aliphatic hydroxyl groups is 1. The van der Waals surface area contributed by atoms with Gasteiger partial charge in [0.05, 0.1) is 18.5 Å². The quantitative estimate of drug-likeness (QED) is 0.355. The Labute approximate surface area is 207 Å². The minimum Gasteiger partial charge on any atom is -0.508 e. The number of rotatable bonds is 9. The van der Waals surface area contributed by atoms with Crippen LogP contribution >= 0.6 is 11.3 Å². The van der Waals surface area contributed by atoms with E-state index in [-0.39, 0.29) is 30.2 Å². The molecule has 2 amide bonds. The van der Waals surface area contributed by atoms with Gasteiger partial charge in [0.15, 0.2) is 17.0 Å². The van der Waals surface area contributed by atoms with Crippen molar-refractivity contribution in [1.82, 2.24) is 19.7 Å². The zero-order chi connectivity index (χ0) is 25.3. The van der Waals surface area contributed by atoms with Gasteiger partial charge in [-0.15, -0.1) is 0 Å². The van der Waals surface area contributed by atoms with Crippen LogP contribution in [0.3, 0.4) is 0 Å². The number of aromatic nitrogens is 3. The smallest absolute Gasteiger partial charge is 0.267 e. The number of carbonyl (C=O) groups excluding carboxylic acids is 2. The molecule has 1 saturated carbocycles. The molecule has 0 spiro atoms. The highest BCUT2D eigenvalue weighted by atomic mass is 32.1. The normalized spacial score (nSPS) is 14.0. The van der Waals surface area contributed by atoms with Gasteiger partial charge in [-0.2, -0.15) is 5.10 Å². The molecule has 0 bridgehead atoms. The standard InChI is InChI=1S/C24H30N6O4S/c1-5-29(16-7-8-16)23(34)17(12-31)30-11-14(3)21(28-30)27-24-25-10-19(35-24)22(33)26-20-13(2)6-9-18(32)15(20)4/h6,9-11,16-17,31-32H,5,7-8,12H2,1-4H3,(H,26,33)(H,25,27,28). The second-order valence-corrected chi connectivity index (χ2v) is 9.74. The second-order valence-electron chi connectivity index (χ2n) is 8.70. The van der Waals surface area contributed by atoms with Gasteiger partial charge >= 0.3 is 0 Å². The molecule has 1 atom stereocenters. The number of aryl methyl sites for hydroxylation is 2. The Morgan fingerprint density at radius 2 is 2.00 bits per heavy atom. The first-order valence-corrected chi connectivity index (χ1v) is 12.4. The van der Waals surface area contributed by atoms with E-state index in [1.807, 2.05) is 20.8 Å². The van der Waals surface area contributed by atoms with Gasteiger partial charge in [-0.1, -0.05) is 17.4 Å². The third-order valence-electron chi connectivity index (χ3n) is 6.14. The maximum Gasteiger partial charge on any atom is 0.267 e. The van der Waals surface area contributed by atoms with Crippen molar-refractivity contribution in [2.75, 3.05) is 23.8 Å². The number of benzene rings is 1. The van der Waals surface area contributed by atoms with Gasteiger partial charge in [-0.3, -0.25) is 14.3 Å². The first-order valence-electron chi connectivity index (χ1n) is 11.5. The van der Waals surface area contributed by atoms with Gasteiger partial charge in [0, 0.05) is 29.9 Å². The zero-order valence-corrected chi connectivity index (χ0v) is 21.0. The van der Waals surface area contributed by atoms with Crippen LogP contribution in [0.25, 0.3) is 0 Å². The predicted octanol–water partition coefficient (Wildman–Crippen LogP) is 3.51. The Kier molecular flexibility index (Phi) is 7.08. The van der Waals surface area contributed by atoms with Gasteiger partial charge in [0.2, 0.25) is 5.91 Å². The minimum atomic E-state index is -0.795. The molecule has 1 aliphatic carbocycles. The van der Waals surface area contributed by atoms with Gasteiger partial charge in [-0.05, 0) is 52.2 Å². The maximum atomic E-state index is 13.0. The lowest BCUT2D eigenvalue weighted by Gasteiger charge is -2.25. The summed E-state index contributed by atoms with van der Waals surface area (Å²) in [5.74, 6) is 0.131. The molecule has 3 aromatic rings. The summed E-state index contributed by atoms with van der Waals surface area (Å²) in [6.07, 6.45) is 5.17. The fourth-order valence-electron chi connectivity index (χ4n) is 3.95. The Bertz CT molecular complexity index is 1250. The van der Waals surface area contributed by atoms with E-state index < -0.39 is 6.04 Å². The molecule has 11 heteroatoms. The molecule has 35 heavy (non-hydrogen) atoms. The number of aromatic hydroxyl groups is 1. The number of thiazole rings is 1. The Morgan fingerprint density at radius 1 is 1.26 bits per heavy atom. The number of phenolic OH excluding ortho intramolecular Hbond substituents is 1. The molecule has 1 aromatic carbocycles. The van der Waals surface area contributed by atoms with Crippen LogP contribution < -0.4 is 10.6 Å². The van der Waals surface area contributed by atoms with Crippen molar-refractivity contribution in [1.29, 1.82) is 0 Å². The molecule has 10 nitrogen and oxygen atoms in total. The molecule has 1 unspecified atom stereocenters. The van der Waals surface area contributed by atoms with Crippen molar-refractivity contribution in [2.24, 2.45) is 0 Å². The zero-order valence-electron chi connectivity index (χ0n) is 20.2. The van der Waals surface area contributed by atoms with Crippen LogP contribution in [0, 0.1) is 20.8 Å². The Balaban J connectivity index is 1.47. The molecule has 0 saturated heterocycles. The van der Waals surface area contributed by atoms with E-state index in [0.29, 0.717) is 33.6 Å². The van der Waals surface area contributed by atoms with Crippen molar-refractivity contribution >= 4 is 39.8 Å². The lowest BCUT2D eigenvalue weighted by molar-refractivity contribution is -0.136. The number of likely N-dealkylation sites (N-methyl/N-ethyl adjacent to an activating group) is 1. The van der Waals surface area contributed by atoms with Crippen LogP contribution in [-0.2, 0) is 4.79 Å². The van der Waals surface area contributed by atoms with E-state index in [4.69, 9.17) is 0 Å². The van der Waals surface area contributed by atoms with Crippen molar-refractivity contribution in [2.45, 2.75) is 52.6 Å². The molecule has 1 fully saturated rings. The monoisotopic (exact) mass is 498 g/mol. The molecule has 4 rings (SSSR count). The van der Waals surface area contributed by atoms with Gasteiger partial charge in [-0.25, -0.2) is 4.98 Å². The first kappa shape index (κ1) is 24.7. The second kappa shape index (κ2) is 10.0. The summed E-state index contributed by atoms with van der Waals surface area (Å²) in [5.41, 5.74) is 2.78. The number of amides is 2. The third kappa shape index (κ3) is 5.15. The highest BCUT2D eigenvalue weighted by Gasteiger charge is 2.35. The number of nitrogens with zero attached hydrogens (tertiary/aromatic N) is 4. The Hall–Kier alpha value is -3.44. The summed E-state index contributed by atoms with van der Waals surface area (Å²) in [7, 11) is 0. The van der Waals surface area contributed by atoms with Crippen molar-refractivity contribution in [3.05, 3.63) is 46.1 Å². The summed E-state index contributed by atoms with van der Waals surface area (Å²) in [4.78, 5) is 32.2. The number of hydrogen-bond acceptors (Lipinski definition) is 8. The summed E-state index contributed by atoms with van der Waals surface area (Å²) < 4.78 is 1.49. The highest BCUT2D eigenvalue weighted by Crippen LogP contribution is 2.31. The SMILES string of the molecule is CCN(C(=O)C(CO)n1cc(C)c(Nc2ncc(C(=O)Nc3c(C)ccc(O)c3C)s2)n1)C1CC1. The molecule has 1 aliphatic rings. The predicted molar refractivity (Wildman–Crippen MR) is 134 cm³/mol. The summed E-state index contributed by atoms with van der Waals surface area (Å²) in [5, 5.41) is 30.8. The first-order chi connectivity index (χ1) is 16.7. The number of anilines is 3. The van der Waals surface area contributed by atoms with Crippen LogP contribution in [-0.4, -0.2) is 60.9 Å². The average molecular weight is 499 g/mol. The highest BCUT2D eigenvalue weighted by molar-refractivity contribution is 7.17. The number of aliphatic hydroxyl groups excluding tert-OH is 1. The van der Waals surface area contributed by atoms with Crippen LogP contribution in [0.2, 0.25) is 0 Å². The summed E-state index contributed by atoms with van der Waals surface area (Å²) in [6, 6.07) is 2.79. The molecule has 2 aromatic heterocycles. The van der Waals surface area contributed by atoms with Crippen LogP contribution in [0.5, 0.6) is 5.75 Å².